The molecule has 2 aliphatic carbocycles. The zero-order valence-electron chi connectivity index (χ0n) is 12.7. The molecule has 4 nitrogen and oxygen atoms in total. The van der Waals surface area contributed by atoms with Crippen LogP contribution in [0.1, 0.15) is 40.5 Å². The molecule has 0 amide bonds. The molecule has 0 N–H and O–H groups in total. The number of rotatable bonds is 3. The predicted octanol–water partition coefficient (Wildman–Crippen LogP) is 2.72. The predicted molar refractivity (Wildman–Crippen MR) is 74.6 cm³/mol. The molecule has 2 bridgehead atoms. The number of alkyl halides is 3. The maximum atomic E-state index is 12.7. The first-order valence-electron chi connectivity index (χ1n) is 6.91. The van der Waals surface area contributed by atoms with E-state index in [9.17, 15) is 26.4 Å². The molecular weight excluding hydrogens is 388 g/mol. The average molecular weight is 407 g/mol. The van der Waals surface area contributed by atoms with Crippen molar-refractivity contribution in [2.45, 2.75) is 57.0 Å². The molecule has 0 radical (unpaired) electrons. The van der Waals surface area contributed by atoms with E-state index in [-0.39, 0.29) is 11.3 Å². The Labute approximate surface area is 133 Å². The summed E-state index contributed by atoms with van der Waals surface area (Å²) in [4.78, 5) is 10.6. The molecule has 0 aliphatic heterocycles. The Morgan fingerprint density at radius 1 is 1.27 bits per heavy atom. The summed E-state index contributed by atoms with van der Waals surface area (Å²) in [7, 11) is -5.18. The fourth-order valence-electron chi connectivity index (χ4n) is 3.91. The van der Waals surface area contributed by atoms with Crippen molar-refractivity contribution < 1.29 is 31.1 Å². The van der Waals surface area contributed by atoms with Crippen molar-refractivity contribution in [1.82, 2.24) is 0 Å². The molecule has 9 heteroatoms. The van der Waals surface area contributed by atoms with Gasteiger partial charge in [0.1, 0.15) is 0 Å². The third kappa shape index (κ3) is 2.49. The van der Waals surface area contributed by atoms with Gasteiger partial charge in [-0.1, -0.05) is 0 Å². The van der Waals surface area contributed by atoms with E-state index in [2.05, 4.69) is 0 Å². The van der Waals surface area contributed by atoms with E-state index < -0.39 is 49.9 Å². The summed E-state index contributed by atoms with van der Waals surface area (Å²) in [5.74, 6) is -0.765. The molecule has 0 aromatic heterocycles. The van der Waals surface area contributed by atoms with Gasteiger partial charge in [-0.3, -0.25) is 0 Å². The molecule has 0 aromatic carbocycles. The van der Waals surface area contributed by atoms with E-state index in [0.717, 1.165) is 6.42 Å². The number of halogens is 3. The number of hydrogen-bond acceptors (Lipinski definition) is 4. The minimum atomic E-state index is -5.25. The topological polar surface area (TPSA) is 60.4 Å². The van der Waals surface area contributed by atoms with Crippen LogP contribution in [0.2, 0.25) is 4.82 Å². The van der Waals surface area contributed by atoms with Crippen LogP contribution in [0, 0.1) is 16.7 Å². The molecular formula is C13H19F3O4SSe. The summed E-state index contributed by atoms with van der Waals surface area (Å²) < 4.78 is 66.7. The molecule has 4 atom stereocenters. The van der Waals surface area contributed by atoms with Gasteiger partial charge < -0.3 is 0 Å². The number of ether oxygens (including phenoxy) is 1. The second-order valence-corrected chi connectivity index (χ2v) is 13.5. The quantitative estimate of drug-likeness (QED) is 0.533. The summed E-state index contributed by atoms with van der Waals surface area (Å²) >= 11 is -1.70. The minimum absolute atomic E-state index is 0.182. The summed E-state index contributed by atoms with van der Waals surface area (Å²) in [5.41, 5.74) is -6.10. The SMILES string of the molecule is CC(=O)O[C@H]1[C@@H]([Se]S(=O)(=O)C(F)(F)F)C2CCC1(C)C2(C)C. The van der Waals surface area contributed by atoms with Crippen molar-refractivity contribution >= 4 is 28.1 Å². The van der Waals surface area contributed by atoms with Crippen molar-refractivity contribution in [2.75, 3.05) is 0 Å². The van der Waals surface area contributed by atoms with Gasteiger partial charge in [-0.15, -0.1) is 0 Å². The summed E-state index contributed by atoms with van der Waals surface area (Å²) in [6.07, 6.45) is 0.623. The zero-order valence-corrected chi connectivity index (χ0v) is 15.3. The van der Waals surface area contributed by atoms with Gasteiger partial charge in [-0.2, -0.15) is 0 Å². The fourth-order valence-corrected chi connectivity index (χ4v) is 10.3. The zero-order chi connectivity index (χ0) is 17.1. The van der Waals surface area contributed by atoms with Crippen molar-refractivity contribution in [2.24, 2.45) is 16.7 Å². The normalized spacial score (nSPS) is 37.3. The van der Waals surface area contributed by atoms with E-state index in [0.29, 0.717) is 6.42 Å². The van der Waals surface area contributed by atoms with Crippen molar-refractivity contribution in [3.8, 4) is 0 Å². The molecule has 2 saturated carbocycles. The van der Waals surface area contributed by atoms with Crippen LogP contribution in [0.4, 0.5) is 13.2 Å². The summed E-state index contributed by atoms with van der Waals surface area (Å²) in [5, 5.41) is 0. The van der Waals surface area contributed by atoms with E-state index in [1.807, 2.05) is 20.8 Å². The number of fused-ring (bicyclic) bond motifs is 2. The summed E-state index contributed by atoms with van der Waals surface area (Å²) in [6.45, 7) is 6.94. The molecule has 22 heavy (non-hydrogen) atoms. The van der Waals surface area contributed by atoms with Crippen molar-refractivity contribution in [3.05, 3.63) is 0 Å². The molecule has 2 unspecified atom stereocenters. The second kappa shape index (κ2) is 5.11. The molecule has 2 rings (SSSR count). The fraction of sp³-hybridized carbons (Fsp3) is 0.923. The third-order valence-corrected chi connectivity index (χ3v) is 11.9. The Balaban J connectivity index is 2.40. The van der Waals surface area contributed by atoms with Gasteiger partial charge in [0, 0.05) is 0 Å². The number of carbonyl (C=O) groups is 1. The third-order valence-electron chi connectivity index (χ3n) is 5.51. The average Bonchev–Trinajstić information content (AvgIpc) is 2.60. The Kier molecular flexibility index (Phi) is 4.20. The van der Waals surface area contributed by atoms with E-state index >= 15 is 0 Å². The molecule has 2 aliphatic rings. The van der Waals surface area contributed by atoms with Crippen LogP contribution in [-0.2, 0) is 17.8 Å². The van der Waals surface area contributed by atoms with Gasteiger partial charge in [0.15, 0.2) is 0 Å². The number of esters is 1. The Hall–Kier alpha value is -0.271. The molecule has 0 saturated heterocycles. The van der Waals surface area contributed by atoms with E-state index in [1.165, 1.54) is 6.92 Å². The van der Waals surface area contributed by atoms with Gasteiger partial charge in [-0.05, 0) is 0 Å². The molecule has 0 heterocycles. The monoisotopic (exact) mass is 408 g/mol. The first kappa shape index (κ1) is 18.1. The molecule has 2 fully saturated rings. The standard InChI is InChI=1S/C13H19F3O4SSe/c1-7(17)20-10-9(22-21(18,19)13(14,15)16)8-5-6-12(10,4)11(8,2)3/h8-10H,5-6H2,1-4H3/t8?,9-,10-,12?/m0/s1. The van der Waals surface area contributed by atoms with Gasteiger partial charge in [0.05, 0.1) is 0 Å². The maximum absolute atomic E-state index is 12.7. The van der Waals surface area contributed by atoms with Crippen molar-refractivity contribution in [1.29, 1.82) is 0 Å². The van der Waals surface area contributed by atoms with Gasteiger partial charge in [0.25, 0.3) is 0 Å². The molecule has 0 aromatic rings. The van der Waals surface area contributed by atoms with Crippen LogP contribution >= 0.6 is 0 Å². The Bertz CT molecular complexity index is 587. The Morgan fingerprint density at radius 3 is 2.27 bits per heavy atom. The number of carbonyl (C=O) groups excluding carboxylic acids is 1. The summed E-state index contributed by atoms with van der Waals surface area (Å²) in [6, 6.07) is 0. The van der Waals surface area contributed by atoms with Crippen LogP contribution in [0.5, 0.6) is 0 Å². The van der Waals surface area contributed by atoms with Crippen LogP contribution in [-0.4, -0.2) is 39.8 Å². The van der Waals surface area contributed by atoms with E-state index in [4.69, 9.17) is 4.74 Å². The van der Waals surface area contributed by atoms with Crippen LogP contribution < -0.4 is 0 Å². The number of hydrogen-bond donors (Lipinski definition) is 0. The first-order chi connectivity index (χ1) is 9.74. The van der Waals surface area contributed by atoms with Crippen molar-refractivity contribution in [3.63, 3.8) is 0 Å². The van der Waals surface area contributed by atoms with Gasteiger partial charge >= 0.3 is 133 Å². The van der Waals surface area contributed by atoms with Crippen LogP contribution in [0.25, 0.3) is 0 Å². The first-order valence-corrected chi connectivity index (χ1v) is 11.4. The van der Waals surface area contributed by atoms with E-state index in [1.54, 1.807) is 0 Å². The Morgan fingerprint density at radius 2 is 1.82 bits per heavy atom. The van der Waals surface area contributed by atoms with Crippen LogP contribution in [0.3, 0.4) is 0 Å². The van der Waals surface area contributed by atoms with Gasteiger partial charge in [-0.25, -0.2) is 0 Å². The molecule has 0 spiro atoms. The van der Waals surface area contributed by atoms with Crippen LogP contribution in [0.15, 0.2) is 0 Å². The molecule has 128 valence electrons. The van der Waals surface area contributed by atoms with Gasteiger partial charge in [0.2, 0.25) is 0 Å². The second-order valence-electron chi connectivity index (χ2n) is 6.78.